The molecule has 0 aromatic heterocycles. The smallest absolute Gasteiger partial charge is 0.138 e. The SMILES string of the molecule is CCCOCCCCCC(=O)C(C)(C)C. The maximum atomic E-state index is 11.6. The quantitative estimate of drug-likeness (QED) is 0.577. The monoisotopic (exact) mass is 214 g/mol. The fourth-order valence-corrected chi connectivity index (χ4v) is 1.29. The highest BCUT2D eigenvalue weighted by molar-refractivity contribution is 5.83. The van der Waals surface area contributed by atoms with Crippen molar-refractivity contribution in [3.8, 4) is 0 Å². The van der Waals surface area contributed by atoms with Crippen molar-refractivity contribution in [3.63, 3.8) is 0 Å². The molecule has 0 aliphatic heterocycles. The number of Topliss-reactive ketones (excluding diaryl/α,β-unsaturated/α-hetero) is 1. The Labute approximate surface area is 94.4 Å². The third-order valence-electron chi connectivity index (χ3n) is 2.38. The summed E-state index contributed by atoms with van der Waals surface area (Å²) in [5, 5.41) is 0. The normalized spacial score (nSPS) is 11.7. The molecule has 0 saturated carbocycles. The van der Waals surface area contributed by atoms with Crippen molar-refractivity contribution in [3.05, 3.63) is 0 Å². The molecule has 0 aliphatic rings. The van der Waals surface area contributed by atoms with Gasteiger partial charge >= 0.3 is 0 Å². The van der Waals surface area contributed by atoms with Gasteiger partial charge in [-0.1, -0.05) is 34.1 Å². The van der Waals surface area contributed by atoms with Gasteiger partial charge in [-0.15, -0.1) is 0 Å². The third kappa shape index (κ3) is 8.61. The minimum absolute atomic E-state index is 0.168. The number of ketones is 1. The average Bonchev–Trinajstić information content (AvgIpc) is 2.14. The second kappa shape index (κ2) is 7.86. The van der Waals surface area contributed by atoms with Crippen molar-refractivity contribution in [2.45, 2.75) is 59.8 Å². The van der Waals surface area contributed by atoms with E-state index in [4.69, 9.17) is 4.74 Å². The molecule has 0 spiro atoms. The summed E-state index contributed by atoms with van der Waals surface area (Å²) in [5.41, 5.74) is -0.168. The van der Waals surface area contributed by atoms with Crippen molar-refractivity contribution < 1.29 is 9.53 Å². The summed E-state index contributed by atoms with van der Waals surface area (Å²) in [5.74, 6) is 0.372. The van der Waals surface area contributed by atoms with Crippen LogP contribution in [-0.2, 0) is 9.53 Å². The molecule has 0 aromatic rings. The van der Waals surface area contributed by atoms with Crippen LogP contribution in [0.4, 0.5) is 0 Å². The topological polar surface area (TPSA) is 26.3 Å². The van der Waals surface area contributed by atoms with Crippen LogP contribution in [0.25, 0.3) is 0 Å². The van der Waals surface area contributed by atoms with Gasteiger partial charge in [-0.2, -0.15) is 0 Å². The highest BCUT2D eigenvalue weighted by Crippen LogP contribution is 2.18. The van der Waals surface area contributed by atoms with E-state index in [-0.39, 0.29) is 5.41 Å². The lowest BCUT2D eigenvalue weighted by molar-refractivity contribution is -0.126. The summed E-state index contributed by atoms with van der Waals surface area (Å²) >= 11 is 0. The van der Waals surface area contributed by atoms with E-state index in [1.165, 1.54) is 0 Å². The van der Waals surface area contributed by atoms with E-state index in [1.54, 1.807) is 0 Å². The molecule has 0 N–H and O–H groups in total. The largest absolute Gasteiger partial charge is 0.381 e. The van der Waals surface area contributed by atoms with E-state index in [0.29, 0.717) is 5.78 Å². The Hall–Kier alpha value is -0.370. The van der Waals surface area contributed by atoms with Crippen LogP contribution in [0.15, 0.2) is 0 Å². The van der Waals surface area contributed by atoms with E-state index in [0.717, 1.165) is 45.3 Å². The molecule has 0 bridgehead atoms. The Morgan fingerprint density at radius 3 is 2.27 bits per heavy atom. The van der Waals surface area contributed by atoms with E-state index < -0.39 is 0 Å². The lowest BCUT2D eigenvalue weighted by Gasteiger charge is -2.16. The first kappa shape index (κ1) is 14.6. The second-order valence-electron chi connectivity index (χ2n) is 5.10. The van der Waals surface area contributed by atoms with Crippen LogP contribution < -0.4 is 0 Å². The Bertz CT molecular complexity index is 168. The van der Waals surface area contributed by atoms with Gasteiger partial charge in [0.15, 0.2) is 0 Å². The molecule has 0 heterocycles. The molecule has 2 heteroatoms. The van der Waals surface area contributed by atoms with Gasteiger partial charge in [0, 0.05) is 25.0 Å². The molecule has 0 fully saturated rings. The van der Waals surface area contributed by atoms with Crippen LogP contribution in [0.3, 0.4) is 0 Å². The van der Waals surface area contributed by atoms with Crippen molar-refractivity contribution in [2.24, 2.45) is 5.41 Å². The summed E-state index contributed by atoms with van der Waals surface area (Å²) in [6.07, 6.45) is 4.99. The standard InChI is InChI=1S/C13H26O2/c1-5-10-15-11-8-6-7-9-12(14)13(2,3)4/h5-11H2,1-4H3. The van der Waals surface area contributed by atoms with Crippen molar-refractivity contribution >= 4 is 5.78 Å². The fraction of sp³-hybridized carbons (Fsp3) is 0.923. The molecule has 0 aromatic carbocycles. The predicted molar refractivity (Wildman–Crippen MR) is 64.0 cm³/mol. The molecule has 15 heavy (non-hydrogen) atoms. The summed E-state index contributed by atoms with van der Waals surface area (Å²) < 4.78 is 5.37. The van der Waals surface area contributed by atoms with Crippen molar-refractivity contribution in [2.75, 3.05) is 13.2 Å². The molecule has 0 amide bonds. The van der Waals surface area contributed by atoms with Gasteiger partial charge in [0.25, 0.3) is 0 Å². The number of unbranched alkanes of at least 4 members (excludes halogenated alkanes) is 2. The molecule has 0 saturated heterocycles. The Morgan fingerprint density at radius 1 is 1.07 bits per heavy atom. The zero-order valence-electron chi connectivity index (χ0n) is 10.8. The third-order valence-corrected chi connectivity index (χ3v) is 2.38. The van der Waals surface area contributed by atoms with E-state index in [2.05, 4.69) is 6.92 Å². The molecule has 0 unspecified atom stereocenters. The molecule has 2 nitrogen and oxygen atoms in total. The molecule has 0 atom stereocenters. The number of hydrogen-bond acceptors (Lipinski definition) is 2. The lowest BCUT2D eigenvalue weighted by Crippen LogP contribution is -2.19. The molecule has 0 aliphatic carbocycles. The van der Waals surface area contributed by atoms with Crippen LogP contribution in [0.2, 0.25) is 0 Å². The lowest BCUT2D eigenvalue weighted by atomic mass is 9.88. The zero-order chi connectivity index (χ0) is 11.7. The minimum Gasteiger partial charge on any atom is -0.381 e. The average molecular weight is 214 g/mol. The second-order valence-corrected chi connectivity index (χ2v) is 5.10. The van der Waals surface area contributed by atoms with Gasteiger partial charge in [-0.05, 0) is 19.3 Å². The van der Waals surface area contributed by atoms with E-state index >= 15 is 0 Å². The number of hydrogen-bond donors (Lipinski definition) is 0. The van der Waals surface area contributed by atoms with Gasteiger partial charge in [-0.25, -0.2) is 0 Å². The summed E-state index contributed by atoms with van der Waals surface area (Å²) in [4.78, 5) is 11.6. The number of carbonyl (C=O) groups excluding carboxylic acids is 1. The van der Waals surface area contributed by atoms with Gasteiger partial charge in [0.2, 0.25) is 0 Å². The first-order valence-corrected chi connectivity index (χ1v) is 6.09. The van der Waals surface area contributed by atoms with Gasteiger partial charge in [0.1, 0.15) is 5.78 Å². The van der Waals surface area contributed by atoms with E-state index in [9.17, 15) is 4.79 Å². The first-order chi connectivity index (χ1) is 6.98. The van der Waals surface area contributed by atoms with Crippen LogP contribution in [0.1, 0.15) is 59.8 Å². The molecule has 0 radical (unpaired) electrons. The first-order valence-electron chi connectivity index (χ1n) is 6.09. The molecular weight excluding hydrogens is 188 g/mol. The molecular formula is C13H26O2. The highest BCUT2D eigenvalue weighted by Gasteiger charge is 2.19. The number of rotatable bonds is 8. The number of carbonyl (C=O) groups is 1. The van der Waals surface area contributed by atoms with Crippen LogP contribution in [-0.4, -0.2) is 19.0 Å². The Balaban J connectivity index is 3.28. The van der Waals surface area contributed by atoms with E-state index in [1.807, 2.05) is 20.8 Å². The molecule has 90 valence electrons. The Morgan fingerprint density at radius 2 is 1.73 bits per heavy atom. The zero-order valence-corrected chi connectivity index (χ0v) is 10.8. The maximum absolute atomic E-state index is 11.6. The van der Waals surface area contributed by atoms with Gasteiger partial charge in [-0.3, -0.25) is 4.79 Å². The Kier molecular flexibility index (Phi) is 7.67. The summed E-state index contributed by atoms with van der Waals surface area (Å²) in [6, 6.07) is 0. The van der Waals surface area contributed by atoms with Gasteiger partial charge < -0.3 is 4.74 Å². The predicted octanol–water partition coefficient (Wildman–Crippen LogP) is 3.59. The maximum Gasteiger partial charge on any atom is 0.138 e. The van der Waals surface area contributed by atoms with Gasteiger partial charge in [0.05, 0.1) is 0 Å². The van der Waals surface area contributed by atoms with Crippen LogP contribution >= 0.6 is 0 Å². The fourth-order valence-electron chi connectivity index (χ4n) is 1.29. The molecule has 0 rings (SSSR count). The van der Waals surface area contributed by atoms with Crippen LogP contribution in [0.5, 0.6) is 0 Å². The van der Waals surface area contributed by atoms with Crippen LogP contribution in [0, 0.1) is 5.41 Å². The number of ether oxygens (including phenoxy) is 1. The summed E-state index contributed by atoms with van der Waals surface area (Å²) in [6.45, 7) is 9.78. The van der Waals surface area contributed by atoms with Crippen molar-refractivity contribution in [1.82, 2.24) is 0 Å². The highest BCUT2D eigenvalue weighted by atomic mass is 16.5. The minimum atomic E-state index is -0.168. The van der Waals surface area contributed by atoms with Crippen molar-refractivity contribution in [1.29, 1.82) is 0 Å². The summed E-state index contributed by atoms with van der Waals surface area (Å²) in [7, 11) is 0.